The highest BCUT2D eigenvalue weighted by Crippen LogP contribution is 2.57. The summed E-state index contributed by atoms with van der Waals surface area (Å²) < 4.78 is 48.0. The minimum absolute atomic E-state index is 0.0258. The minimum atomic E-state index is -4.08. The number of nitrogens with zero attached hydrogens (tertiary/aromatic N) is 3. The van der Waals surface area contributed by atoms with Crippen molar-refractivity contribution in [2.45, 2.75) is 83.5 Å². The topological polar surface area (TPSA) is 133 Å². The van der Waals surface area contributed by atoms with Crippen molar-refractivity contribution in [2.75, 3.05) is 20.6 Å². The number of nitrogens with one attached hydrogen (secondary N) is 1. The maximum absolute atomic E-state index is 14.3. The van der Waals surface area contributed by atoms with Crippen LogP contribution >= 0.6 is 0 Å². The van der Waals surface area contributed by atoms with Crippen molar-refractivity contribution in [3.8, 4) is 0 Å². The normalized spacial score (nSPS) is 30.1. The van der Waals surface area contributed by atoms with E-state index >= 15 is 0 Å². The van der Waals surface area contributed by atoms with Gasteiger partial charge in [0.25, 0.3) is 0 Å². The van der Waals surface area contributed by atoms with Gasteiger partial charge in [0.1, 0.15) is 11.9 Å². The molecule has 1 saturated carbocycles. The van der Waals surface area contributed by atoms with Crippen molar-refractivity contribution < 1.29 is 36.7 Å². The predicted molar refractivity (Wildman–Crippen MR) is 158 cm³/mol. The van der Waals surface area contributed by atoms with E-state index in [1.807, 2.05) is 19.1 Å². The van der Waals surface area contributed by atoms with Gasteiger partial charge in [-0.3, -0.25) is 19.3 Å². The quantitative estimate of drug-likeness (QED) is 0.504. The third-order valence-electron chi connectivity index (χ3n) is 9.45. The number of benzene rings is 1. The van der Waals surface area contributed by atoms with E-state index in [4.69, 9.17) is 4.74 Å². The Morgan fingerprint density at radius 3 is 2.64 bits per heavy atom. The highest BCUT2D eigenvalue weighted by Gasteiger charge is 2.61. The number of ether oxygens (including phenoxy) is 1. The maximum atomic E-state index is 14.3. The molecule has 1 aromatic rings. The molecular formula is C31H41FN4O7S. The van der Waals surface area contributed by atoms with Gasteiger partial charge in [-0.15, -0.1) is 0 Å². The Bertz CT molecular complexity index is 1460. The van der Waals surface area contributed by atoms with Crippen LogP contribution in [-0.2, 0) is 42.4 Å². The lowest BCUT2D eigenvalue weighted by molar-refractivity contribution is -0.141. The molecule has 0 aromatic heterocycles. The van der Waals surface area contributed by atoms with Crippen LogP contribution in [0.25, 0.3) is 0 Å². The molecule has 4 aliphatic rings. The van der Waals surface area contributed by atoms with Gasteiger partial charge in [0.05, 0.1) is 24.5 Å². The number of rotatable bonds is 4. The van der Waals surface area contributed by atoms with Crippen molar-refractivity contribution >= 4 is 33.9 Å². The first-order chi connectivity index (χ1) is 20.8. The molecule has 11 nitrogen and oxygen atoms in total. The number of halogens is 1. The number of carbonyl (C=O) groups is 4. The molecule has 1 aliphatic carbocycles. The highest BCUT2D eigenvalue weighted by atomic mass is 32.2. The van der Waals surface area contributed by atoms with Gasteiger partial charge in [-0.25, -0.2) is 13.9 Å². The molecule has 1 N–H and O–H groups in total. The lowest BCUT2D eigenvalue weighted by Crippen LogP contribution is -2.47. The zero-order valence-corrected chi connectivity index (χ0v) is 26.3. The molecule has 44 heavy (non-hydrogen) atoms. The molecular weight excluding hydrogens is 591 g/mol. The summed E-state index contributed by atoms with van der Waals surface area (Å²) in [4.78, 5) is 57.0. The van der Waals surface area contributed by atoms with Crippen molar-refractivity contribution in [2.24, 2.45) is 17.3 Å². The van der Waals surface area contributed by atoms with Gasteiger partial charge in [0.2, 0.25) is 11.8 Å². The Kier molecular flexibility index (Phi) is 9.18. The molecule has 0 bridgehead atoms. The summed E-state index contributed by atoms with van der Waals surface area (Å²) in [6.07, 6.45) is 6.69. The van der Waals surface area contributed by atoms with Gasteiger partial charge < -0.3 is 9.64 Å². The Hall–Kier alpha value is -3.32. The molecule has 3 amide bonds. The summed E-state index contributed by atoms with van der Waals surface area (Å²) >= 11 is 0. The molecule has 3 aliphatic heterocycles. The van der Waals surface area contributed by atoms with E-state index in [0.29, 0.717) is 24.0 Å². The Labute approximate surface area is 257 Å². The number of ketones is 1. The maximum Gasteiger partial charge on any atom is 0.410 e. The largest absolute Gasteiger partial charge is 0.444 e. The highest BCUT2D eigenvalue weighted by molar-refractivity contribution is 7.87. The Balaban J connectivity index is 1.35. The molecule has 5 rings (SSSR count). The molecule has 0 unspecified atom stereocenters. The number of hydrogen-bond acceptors (Lipinski definition) is 7. The summed E-state index contributed by atoms with van der Waals surface area (Å²) in [7, 11) is -1.47. The standard InChI is InChI=1S/C31H41FN4O7S/c1-20-10-7-5-4-6-8-12-22-15-31(22,29(39)33-44(41,42)34(2)3)16-27(37)26-14-23(18-36(26)28(20)38)43-30(40)35-17-21-11-9-13-25(32)24(21)19-35/h8-9,11-13,20,22-23,26H,4-7,10,14-19H2,1-3H3,(H,33,39)/b12-8-/t20-,22-,23+,26-,31+/m0/s1. The fraction of sp³-hybridized carbons (Fsp3) is 0.613. The number of carbonyl (C=O) groups excluding carboxylic acids is 4. The third kappa shape index (κ3) is 6.53. The number of fused-ring (bicyclic) bond motifs is 3. The van der Waals surface area contributed by atoms with Crippen LogP contribution in [-0.4, -0.2) is 79.0 Å². The average Bonchev–Trinajstić information content (AvgIpc) is 3.28. The summed E-state index contributed by atoms with van der Waals surface area (Å²) in [5.41, 5.74) is -0.110. The molecule has 1 aromatic carbocycles. The van der Waals surface area contributed by atoms with Gasteiger partial charge >= 0.3 is 16.3 Å². The number of amides is 3. The van der Waals surface area contributed by atoms with Crippen LogP contribution < -0.4 is 4.72 Å². The minimum Gasteiger partial charge on any atom is -0.444 e. The second kappa shape index (κ2) is 12.6. The van der Waals surface area contributed by atoms with Crippen LogP contribution in [0.3, 0.4) is 0 Å². The smallest absolute Gasteiger partial charge is 0.410 e. The first kappa shape index (κ1) is 32.1. The first-order valence-electron chi connectivity index (χ1n) is 15.3. The van der Waals surface area contributed by atoms with Crippen molar-refractivity contribution in [3.05, 3.63) is 47.3 Å². The van der Waals surface area contributed by atoms with Crippen LogP contribution in [0.5, 0.6) is 0 Å². The van der Waals surface area contributed by atoms with E-state index < -0.39 is 39.8 Å². The predicted octanol–water partition coefficient (Wildman–Crippen LogP) is 3.29. The molecule has 3 heterocycles. The van der Waals surface area contributed by atoms with Crippen LogP contribution in [0.15, 0.2) is 30.4 Å². The second-order valence-electron chi connectivity index (χ2n) is 12.8. The Morgan fingerprint density at radius 1 is 1.14 bits per heavy atom. The van der Waals surface area contributed by atoms with Crippen LogP contribution in [0.1, 0.15) is 69.4 Å². The summed E-state index contributed by atoms with van der Waals surface area (Å²) in [6.45, 7) is 2.12. The van der Waals surface area contributed by atoms with Crippen LogP contribution in [0.2, 0.25) is 0 Å². The lowest BCUT2D eigenvalue weighted by Gasteiger charge is -2.28. The second-order valence-corrected chi connectivity index (χ2v) is 14.7. The molecule has 240 valence electrons. The van der Waals surface area contributed by atoms with Crippen molar-refractivity contribution in [1.82, 2.24) is 18.8 Å². The number of allylic oxidation sites excluding steroid dienone is 2. The molecule has 1 saturated heterocycles. The third-order valence-corrected chi connectivity index (χ3v) is 10.8. The van der Waals surface area contributed by atoms with Crippen LogP contribution in [0, 0.1) is 23.1 Å². The molecule has 0 radical (unpaired) electrons. The van der Waals surface area contributed by atoms with Gasteiger partial charge in [0.15, 0.2) is 5.78 Å². The number of hydrogen-bond donors (Lipinski definition) is 1. The molecule has 0 spiro atoms. The first-order valence-corrected chi connectivity index (χ1v) is 16.7. The van der Waals surface area contributed by atoms with E-state index in [-0.39, 0.29) is 61.8 Å². The van der Waals surface area contributed by atoms with E-state index in [1.54, 1.807) is 12.1 Å². The van der Waals surface area contributed by atoms with Gasteiger partial charge in [0, 0.05) is 45.0 Å². The zero-order chi connectivity index (χ0) is 31.8. The van der Waals surface area contributed by atoms with E-state index in [9.17, 15) is 32.0 Å². The fourth-order valence-corrected chi connectivity index (χ4v) is 7.20. The van der Waals surface area contributed by atoms with Crippen molar-refractivity contribution in [3.63, 3.8) is 0 Å². The lowest BCUT2D eigenvalue weighted by atomic mass is 9.91. The van der Waals surface area contributed by atoms with Gasteiger partial charge in [-0.1, -0.05) is 44.1 Å². The summed E-state index contributed by atoms with van der Waals surface area (Å²) in [5, 5.41) is 0. The van der Waals surface area contributed by atoms with E-state index in [2.05, 4.69) is 4.72 Å². The average molecular weight is 633 g/mol. The van der Waals surface area contributed by atoms with Gasteiger partial charge in [-0.2, -0.15) is 12.7 Å². The van der Waals surface area contributed by atoms with E-state index in [1.165, 1.54) is 30.0 Å². The number of Topliss-reactive ketones (excluding diaryl/α,β-unsaturated/α-hetero) is 1. The fourth-order valence-electron chi connectivity index (χ4n) is 6.58. The van der Waals surface area contributed by atoms with E-state index in [0.717, 1.165) is 30.0 Å². The van der Waals surface area contributed by atoms with Crippen LogP contribution in [0.4, 0.5) is 9.18 Å². The molecule has 13 heteroatoms. The summed E-state index contributed by atoms with van der Waals surface area (Å²) in [5.74, 6) is -2.39. The molecule has 5 atom stereocenters. The van der Waals surface area contributed by atoms with Crippen molar-refractivity contribution in [1.29, 1.82) is 0 Å². The zero-order valence-electron chi connectivity index (χ0n) is 25.5. The monoisotopic (exact) mass is 632 g/mol. The Morgan fingerprint density at radius 2 is 1.91 bits per heavy atom. The van der Waals surface area contributed by atoms with Gasteiger partial charge in [-0.05, 0) is 43.2 Å². The SMILES string of the molecule is C[C@H]1CCCCC/C=C\[C@H]2C[C@@]2(C(=O)NS(=O)(=O)N(C)C)CC(=O)[C@@H]2C[C@@H](OC(=O)N3Cc4cccc(F)c4C3)CN2C1=O. The summed E-state index contributed by atoms with van der Waals surface area (Å²) in [6, 6.07) is 3.76. The molecule has 2 fully saturated rings.